The van der Waals surface area contributed by atoms with Crippen LogP contribution in [0, 0.1) is 0 Å². The van der Waals surface area contributed by atoms with Crippen LogP contribution in [0.2, 0.25) is 10.0 Å². The molecule has 0 bridgehead atoms. The molecule has 0 aliphatic carbocycles. The molecule has 0 saturated heterocycles. The van der Waals surface area contributed by atoms with Gasteiger partial charge in [0, 0.05) is 24.0 Å². The van der Waals surface area contributed by atoms with Crippen molar-refractivity contribution in [3.8, 4) is 0 Å². The fourth-order valence-electron chi connectivity index (χ4n) is 1.44. The minimum atomic E-state index is -3.70. The summed E-state index contributed by atoms with van der Waals surface area (Å²) in [6.07, 6.45) is 3.19. The number of halogens is 2. The molecule has 7 heteroatoms. The minimum Gasteiger partial charge on any atom is -0.265 e. The van der Waals surface area contributed by atoms with E-state index in [1.807, 2.05) is 0 Å². The van der Waals surface area contributed by atoms with E-state index in [2.05, 4.69) is 9.71 Å². The number of benzene rings is 1. The number of hydrogen-bond donors (Lipinski definition) is 1. The number of sulfonamides is 1. The van der Waals surface area contributed by atoms with Gasteiger partial charge < -0.3 is 0 Å². The molecule has 1 aromatic heterocycles. The van der Waals surface area contributed by atoms with E-state index in [1.54, 1.807) is 24.5 Å². The van der Waals surface area contributed by atoms with Gasteiger partial charge in [-0.25, -0.2) is 13.1 Å². The molecule has 0 aliphatic rings. The minimum absolute atomic E-state index is 0.0317. The molecule has 0 radical (unpaired) electrons. The molecule has 1 heterocycles. The summed E-state index contributed by atoms with van der Waals surface area (Å²) in [4.78, 5) is 3.83. The number of aromatic nitrogens is 1. The number of nitrogens with one attached hydrogen (secondary N) is 1. The molecule has 0 aliphatic heterocycles. The summed E-state index contributed by atoms with van der Waals surface area (Å²) in [7, 11) is -3.70. The predicted octanol–water partition coefficient (Wildman–Crippen LogP) is 2.87. The second-order valence-corrected chi connectivity index (χ2v) is 6.33. The molecule has 2 rings (SSSR count). The molecule has 0 atom stereocenters. The Kier molecular flexibility index (Phi) is 4.42. The van der Waals surface area contributed by atoms with Gasteiger partial charge in [-0.15, -0.1) is 0 Å². The van der Waals surface area contributed by atoms with Crippen molar-refractivity contribution in [1.82, 2.24) is 9.71 Å². The normalized spacial score (nSPS) is 11.5. The Morgan fingerprint density at radius 1 is 1.11 bits per heavy atom. The average Bonchev–Trinajstić information content (AvgIpc) is 2.40. The lowest BCUT2D eigenvalue weighted by molar-refractivity contribution is 0.581. The summed E-state index contributed by atoms with van der Waals surface area (Å²) in [5, 5.41) is 0.445. The molecule has 0 spiro atoms. The van der Waals surface area contributed by atoms with E-state index in [-0.39, 0.29) is 16.5 Å². The molecule has 19 heavy (non-hydrogen) atoms. The third-order valence-electron chi connectivity index (χ3n) is 2.40. The highest BCUT2D eigenvalue weighted by Crippen LogP contribution is 2.24. The SMILES string of the molecule is O=S(=O)(NCc1ccncc1)c1cc(Cl)ccc1Cl. The van der Waals surface area contributed by atoms with Gasteiger partial charge in [-0.05, 0) is 35.9 Å². The van der Waals surface area contributed by atoms with E-state index in [4.69, 9.17) is 23.2 Å². The molecule has 4 nitrogen and oxygen atoms in total. The number of hydrogen-bond acceptors (Lipinski definition) is 3. The van der Waals surface area contributed by atoms with Crippen molar-refractivity contribution in [1.29, 1.82) is 0 Å². The van der Waals surface area contributed by atoms with E-state index in [0.717, 1.165) is 5.56 Å². The lowest BCUT2D eigenvalue weighted by Crippen LogP contribution is -2.23. The van der Waals surface area contributed by atoms with Crippen LogP contribution < -0.4 is 4.72 Å². The van der Waals surface area contributed by atoms with Crippen LogP contribution in [0.5, 0.6) is 0 Å². The number of nitrogens with zero attached hydrogens (tertiary/aromatic N) is 1. The first-order chi connectivity index (χ1) is 8.99. The molecule has 2 aromatic rings. The van der Waals surface area contributed by atoms with E-state index < -0.39 is 10.0 Å². The van der Waals surface area contributed by atoms with Crippen molar-refractivity contribution >= 4 is 33.2 Å². The van der Waals surface area contributed by atoms with Crippen LogP contribution >= 0.6 is 23.2 Å². The summed E-state index contributed by atoms with van der Waals surface area (Å²) < 4.78 is 26.7. The van der Waals surface area contributed by atoms with Gasteiger partial charge in [0.15, 0.2) is 0 Å². The molecule has 1 N–H and O–H groups in total. The van der Waals surface area contributed by atoms with Gasteiger partial charge in [-0.2, -0.15) is 0 Å². The Bertz CT molecular complexity index is 675. The fraction of sp³-hybridized carbons (Fsp3) is 0.0833. The Morgan fingerprint density at radius 3 is 2.47 bits per heavy atom. The predicted molar refractivity (Wildman–Crippen MR) is 74.7 cm³/mol. The highest BCUT2D eigenvalue weighted by atomic mass is 35.5. The standard InChI is InChI=1S/C12H10Cl2N2O2S/c13-10-1-2-11(14)12(7-10)19(17,18)16-8-9-3-5-15-6-4-9/h1-7,16H,8H2. The number of rotatable bonds is 4. The van der Waals surface area contributed by atoms with Crippen LogP contribution in [0.25, 0.3) is 0 Å². The van der Waals surface area contributed by atoms with Gasteiger partial charge in [-0.1, -0.05) is 23.2 Å². The van der Waals surface area contributed by atoms with E-state index in [1.165, 1.54) is 18.2 Å². The van der Waals surface area contributed by atoms with Gasteiger partial charge in [0.05, 0.1) is 5.02 Å². The van der Waals surface area contributed by atoms with Crippen molar-refractivity contribution in [2.24, 2.45) is 0 Å². The second kappa shape index (κ2) is 5.88. The second-order valence-electron chi connectivity index (χ2n) is 3.75. The Balaban J connectivity index is 2.21. The Labute approximate surface area is 121 Å². The third kappa shape index (κ3) is 3.67. The Morgan fingerprint density at radius 2 is 1.79 bits per heavy atom. The largest absolute Gasteiger partial charge is 0.265 e. The maximum atomic E-state index is 12.1. The van der Waals surface area contributed by atoms with Crippen LogP contribution in [0.4, 0.5) is 0 Å². The van der Waals surface area contributed by atoms with Gasteiger partial charge in [0.2, 0.25) is 10.0 Å². The Hall–Kier alpha value is -1.14. The first-order valence-corrected chi connectivity index (χ1v) is 7.56. The zero-order chi connectivity index (χ0) is 13.9. The monoisotopic (exact) mass is 316 g/mol. The molecule has 0 unspecified atom stereocenters. The van der Waals surface area contributed by atoms with Gasteiger partial charge in [0.25, 0.3) is 0 Å². The summed E-state index contributed by atoms with van der Waals surface area (Å²) in [6.45, 7) is 0.160. The van der Waals surface area contributed by atoms with Crippen molar-refractivity contribution in [2.45, 2.75) is 11.4 Å². The third-order valence-corrected chi connectivity index (χ3v) is 4.52. The molecule has 0 saturated carbocycles. The molecule has 100 valence electrons. The summed E-state index contributed by atoms with van der Waals surface area (Å²) in [5.41, 5.74) is 0.803. The zero-order valence-electron chi connectivity index (χ0n) is 9.68. The summed E-state index contributed by atoms with van der Waals surface area (Å²) in [5.74, 6) is 0. The van der Waals surface area contributed by atoms with Gasteiger partial charge >= 0.3 is 0 Å². The maximum Gasteiger partial charge on any atom is 0.242 e. The van der Waals surface area contributed by atoms with Crippen molar-refractivity contribution in [2.75, 3.05) is 0 Å². The molecule has 1 aromatic carbocycles. The quantitative estimate of drug-likeness (QED) is 0.943. The van der Waals surface area contributed by atoms with Gasteiger partial charge in [0.1, 0.15) is 4.90 Å². The summed E-state index contributed by atoms with van der Waals surface area (Å²) >= 11 is 11.7. The highest BCUT2D eigenvalue weighted by Gasteiger charge is 2.17. The summed E-state index contributed by atoms with van der Waals surface area (Å²) in [6, 6.07) is 7.75. The van der Waals surface area contributed by atoms with Crippen molar-refractivity contribution in [3.05, 3.63) is 58.3 Å². The lowest BCUT2D eigenvalue weighted by Gasteiger charge is -2.08. The van der Waals surface area contributed by atoms with Crippen molar-refractivity contribution < 1.29 is 8.42 Å². The topological polar surface area (TPSA) is 59.1 Å². The van der Waals surface area contributed by atoms with Crippen LogP contribution in [0.15, 0.2) is 47.6 Å². The molecule has 0 fully saturated rings. The van der Waals surface area contributed by atoms with E-state index in [0.29, 0.717) is 5.02 Å². The van der Waals surface area contributed by atoms with Gasteiger partial charge in [-0.3, -0.25) is 4.98 Å². The van der Waals surface area contributed by atoms with Crippen LogP contribution in [0.3, 0.4) is 0 Å². The molecular formula is C12H10Cl2N2O2S. The average molecular weight is 317 g/mol. The highest BCUT2D eigenvalue weighted by molar-refractivity contribution is 7.89. The smallest absolute Gasteiger partial charge is 0.242 e. The van der Waals surface area contributed by atoms with E-state index >= 15 is 0 Å². The van der Waals surface area contributed by atoms with Crippen LogP contribution in [-0.2, 0) is 16.6 Å². The van der Waals surface area contributed by atoms with Crippen LogP contribution in [0.1, 0.15) is 5.56 Å². The van der Waals surface area contributed by atoms with E-state index in [9.17, 15) is 8.42 Å². The maximum absolute atomic E-state index is 12.1. The van der Waals surface area contributed by atoms with Crippen molar-refractivity contribution in [3.63, 3.8) is 0 Å². The molecule has 0 amide bonds. The fourth-order valence-corrected chi connectivity index (χ4v) is 3.22. The van der Waals surface area contributed by atoms with Crippen LogP contribution in [-0.4, -0.2) is 13.4 Å². The number of pyridine rings is 1. The first-order valence-electron chi connectivity index (χ1n) is 5.33. The molecular weight excluding hydrogens is 307 g/mol. The first kappa shape index (κ1) is 14.3. The zero-order valence-corrected chi connectivity index (χ0v) is 12.0. The lowest BCUT2D eigenvalue weighted by atomic mass is 10.3.